The molecule has 4 aliphatic rings. The molecule has 4 unspecified atom stereocenters. The number of imide groups is 1. The van der Waals surface area contributed by atoms with Crippen LogP contribution in [0.3, 0.4) is 0 Å². The highest BCUT2D eigenvalue weighted by Crippen LogP contribution is 2.57. The molecule has 5 heteroatoms. The first-order valence-corrected chi connectivity index (χ1v) is 9.40. The first-order chi connectivity index (χ1) is 12.1. The molecule has 0 radical (unpaired) electrons. The standard InChI is InChI=1S/C20H14INO3/c21-10-5-7-11(8-6-10)22-19(24)17-14-9-15(23)16(18(17)20(22)25)13-4-2-1-3-12(13)14/h1-8,14,16-18H,9H2. The molecule has 1 aliphatic heterocycles. The summed E-state index contributed by atoms with van der Waals surface area (Å²) >= 11 is 2.19. The molecule has 3 aliphatic carbocycles. The number of hydrogen-bond acceptors (Lipinski definition) is 3. The largest absolute Gasteiger partial charge is 0.299 e. The van der Waals surface area contributed by atoms with E-state index >= 15 is 0 Å². The van der Waals surface area contributed by atoms with E-state index in [-0.39, 0.29) is 23.5 Å². The summed E-state index contributed by atoms with van der Waals surface area (Å²) in [5.41, 5.74) is 2.61. The zero-order chi connectivity index (χ0) is 17.3. The molecule has 2 bridgehead atoms. The molecular formula is C20H14INO3. The minimum absolute atomic E-state index is 0.0931. The Morgan fingerprint density at radius 2 is 1.48 bits per heavy atom. The molecule has 4 nitrogen and oxygen atoms in total. The van der Waals surface area contributed by atoms with Crippen molar-refractivity contribution in [2.24, 2.45) is 11.8 Å². The molecule has 4 atom stereocenters. The fourth-order valence-electron chi connectivity index (χ4n) is 4.80. The van der Waals surface area contributed by atoms with Crippen LogP contribution in [-0.4, -0.2) is 17.6 Å². The number of benzene rings is 2. The molecule has 2 fully saturated rings. The maximum absolute atomic E-state index is 13.1. The van der Waals surface area contributed by atoms with E-state index in [1.54, 1.807) is 12.1 Å². The lowest BCUT2D eigenvalue weighted by atomic mass is 9.56. The molecular weight excluding hydrogens is 429 g/mol. The van der Waals surface area contributed by atoms with Crippen LogP contribution >= 0.6 is 22.6 Å². The lowest BCUT2D eigenvalue weighted by molar-refractivity contribution is -0.134. The Morgan fingerprint density at radius 3 is 2.20 bits per heavy atom. The van der Waals surface area contributed by atoms with Gasteiger partial charge in [-0.15, -0.1) is 0 Å². The van der Waals surface area contributed by atoms with Gasteiger partial charge in [0.15, 0.2) is 0 Å². The van der Waals surface area contributed by atoms with Gasteiger partial charge in [-0.3, -0.25) is 19.3 Å². The maximum Gasteiger partial charge on any atom is 0.238 e. The highest BCUT2D eigenvalue weighted by molar-refractivity contribution is 14.1. The van der Waals surface area contributed by atoms with Crippen molar-refractivity contribution in [3.8, 4) is 0 Å². The van der Waals surface area contributed by atoms with Crippen molar-refractivity contribution in [2.75, 3.05) is 4.90 Å². The van der Waals surface area contributed by atoms with Gasteiger partial charge < -0.3 is 0 Å². The Morgan fingerprint density at radius 1 is 0.840 bits per heavy atom. The zero-order valence-electron chi connectivity index (χ0n) is 13.2. The number of carbonyl (C=O) groups excluding carboxylic acids is 3. The fourth-order valence-corrected chi connectivity index (χ4v) is 5.16. The summed E-state index contributed by atoms with van der Waals surface area (Å²) in [7, 11) is 0. The Hall–Kier alpha value is -2.02. The van der Waals surface area contributed by atoms with Crippen LogP contribution in [0.25, 0.3) is 0 Å². The second-order valence-electron chi connectivity index (χ2n) is 6.92. The van der Waals surface area contributed by atoms with E-state index in [1.165, 1.54) is 4.90 Å². The first-order valence-electron chi connectivity index (χ1n) is 8.33. The number of rotatable bonds is 1. The predicted molar refractivity (Wildman–Crippen MR) is 100 cm³/mol. The Labute approximate surface area is 158 Å². The van der Waals surface area contributed by atoms with Crippen LogP contribution in [0.15, 0.2) is 48.5 Å². The second kappa shape index (κ2) is 5.24. The number of anilines is 1. The molecule has 2 aromatic carbocycles. The van der Waals surface area contributed by atoms with Gasteiger partial charge in [0.2, 0.25) is 11.8 Å². The first kappa shape index (κ1) is 15.3. The zero-order valence-corrected chi connectivity index (χ0v) is 15.3. The minimum Gasteiger partial charge on any atom is -0.299 e. The van der Waals surface area contributed by atoms with Crippen molar-refractivity contribution >= 4 is 45.9 Å². The van der Waals surface area contributed by atoms with Gasteiger partial charge in [0, 0.05) is 15.9 Å². The second-order valence-corrected chi connectivity index (χ2v) is 8.17. The number of hydrogen-bond donors (Lipinski definition) is 0. The third-order valence-corrected chi connectivity index (χ3v) is 6.49. The Bertz CT molecular complexity index is 936. The van der Waals surface area contributed by atoms with Crippen molar-refractivity contribution in [3.05, 3.63) is 63.2 Å². The topological polar surface area (TPSA) is 54.5 Å². The molecule has 6 rings (SSSR count). The number of ketones is 1. The lowest BCUT2D eigenvalue weighted by Gasteiger charge is -2.43. The van der Waals surface area contributed by atoms with Crippen molar-refractivity contribution < 1.29 is 14.4 Å². The van der Waals surface area contributed by atoms with Gasteiger partial charge in [0.25, 0.3) is 0 Å². The van der Waals surface area contributed by atoms with E-state index in [1.807, 2.05) is 36.4 Å². The summed E-state index contributed by atoms with van der Waals surface area (Å²) in [5, 5.41) is 0. The monoisotopic (exact) mass is 443 g/mol. The lowest BCUT2D eigenvalue weighted by Crippen LogP contribution is -2.44. The number of fused-ring (bicyclic) bond motifs is 1. The van der Waals surface area contributed by atoms with E-state index in [4.69, 9.17) is 0 Å². The number of halogens is 1. The fraction of sp³-hybridized carbons (Fsp3) is 0.250. The van der Waals surface area contributed by atoms with Gasteiger partial charge in [0.05, 0.1) is 23.4 Å². The highest BCUT2D eigenvalue weighted by Gasteiger charge is 2.62. The maximum atomic E-state index is 13.1. The summed E-state index contributed by atoms with van der Waals surface area (Å²) < 4.78 is 1.04. The molecule has 124 valence electrons. The van der Waals surface area contributed by atoms with E-state index in [0.717, 1.165) is 14.7 Å². The van der Waals surface area contributed by atoms with E-state index < -0.39 is 17.8 Å². The van der Waals surface area contributed by atoms with E-state index in [0.29, 0.717) is 12.1 Å². The molecule has 2 amide bonds. The molecule has 0 N–H and O–H groups in total. The molecule has 1 saturated carbocycles. The minimum atomic E-state index is -0.548. The van der Waals surface area contributed by atoms with Gasteiger partial charge >= 0.3 is 0 Å². The summed E-state index contributed by atoms with van der Waals surface area (Å²) in [6.45, 7) is 0. The molecule has 1 saturated heterocycles. The van der Waals surface area contributed by atoms with Gasteiger partial charge in [-0.25, -0.2) is 0 Å². The third-order valence-electron chi connectivity index (χ3n) is 5.77. The van der Waals surface area contributed by atoms with Crippen molar-refractivity contribution in [1.29, 1.82) is 0 Å². The number of carbonyl (C=O) groups is 3. The SMILES string of the molecule is O=C1CC2c3ccccc3C1C1C(=O)N(c3ccc(I)cc3)C(=O)C21. The van der Waals surface area contributed by atoms with Gasteiger partial charge in [0.1, 0.15) is 5.78 Å². The molecule has 0 spiro atoms. The number of Topliss-reactive ketones (excluding diaryl/α,β-unsaturated/α-hetero) is 1. The molecule has 25 heavy (non-hydrogen) atoms. The van der Waals surface area contributed by atoms with Gasteiger partial charge in [-0.05, 0) is 58.0 Å². The summed E-state index contributed by atoms with van der Waals surface area (Å²) in [6, 6.07) is 15.1. The van der Waals surface area contributed by atoms with Crippen molar-refractivity contribution in [2.45, 2.75) is 18.3 Å². The van der Waals surface area contributed by atoms with Crippen LogP contribution in [0.1, 0.15) is 29.4 Å². The molecule has 1 heterocycles. The highest BCUT2D eigenvalue weighted by atomic mass is 127. The normalized spacial score (nSPS) is 29.8. The van der Waals surface area contributed by atoms with Crippen LogP contribution < -0.4 is 4.90 Å². The summed E-state index contributed by atoms with van der Waals surface area (Å²) in [4.78, 5) is 40.2. The number of amides is 2. The quantitative estimate of drug-likeness (QED) is 0.503. The van der Waals surface area contributed by atoms with Crippen molar-refractivity contribution in [1.82, 2.24) is 0 Å². The van der Waals surface area contributed by atoms with Gasteiger partial charge in [-0.2, -0.15) is 0 Å². The van der Waals surface area contributed by atoms with E-state index in [2.05, 4.69) is 22.6 Å². The molecule has 2 aromatic rings. The van der Waals surface area contributed by atoms with Crippen LogP contribution in [0.5, 0.6) is 0 Å². The van der Waals surface area contributed by atoms with Crippen LogP contribution in [0, 0.1) is 15.4 Å². The smallest absolute Gasteiger partial charge is 0.238 e. The van der Waals surface area contributed by atoms with Crippen LogP contribution in [0.4, 0.5) is 5.69 Å². The Kier molecular flexibility index (Phi) is 3.20. The van der Waals surface area contributed by atoms with Crippen LogP contribution in [0.2, 0.25) is 0 Å². The number of nitrogens with zero attached hydrogens (tertiary/aromatic N) is 1. The molecule has 0 aromatic heterocycles. The Balaban J connectivity index is 1.65. The van der Waals surface area contributed by atoms with E-state index in [9.17, 15) is 14.4 Å². The average molecular weight is 443 g/mol. The third kappa shape index (κ3) is 1.96. The van der Waals surface area contributed by atoms with Gasteiger partial charge in [-0.1, -0.05) is 24.3 Å². The summed E-state index contributed by atoms with van der Waals surface area (Å²) in [6.07, 6.45) is 0.363. The van der Waals surface area contributed by atoms with Crippen molar-refractivity contribution in [3.63, 3.8) is 0 Å². The predicted octanol–water partition coefficient (Wildman–Crippen LogP) is 3.25. The van der Waals surface area contributed by atoms with Crippen LogP contribution in [-0.2, 0) is 14.4 Å². The summed E-state index contributed by atoms with van der Waals surface area (Å²) in [5.74, 6) is -1.91. The average Bonchev–Trinajstić information content (AvgIpc) is 2.88.